The molecule has 2 amide bonds. The Labute approximate surface area is 236 Å². The first-order chi connectivity index (χ1) is 19.1. The molecule has 4 aliphatic heterocycles. The first kappa shape index (κ1) is 27.9. The highest BCUT2D eigenvalue weighted by Gasteiger charge is 2.41. The van der Waals surface area contributed by atoms with Crippen LogP contribution in [0.5, 0.6) is 5.75 Å². The van der Waals surface area contributed by atoms with E-state index in [0.717, 1.165) is 35.3 Å². The number of aliphatic imine (C=N–C) groups is 1. The second-order valence-corrected chi connectivity index (χ2v) is 11.7. The van der Waals surface area contributed by atoms with Crippen molar-refractivity contribution in [1.29, 1.82) is 0 Å². The summed E-state index contributed by atoms with van der Waals surface area (Å²) in [6, 6.07) is 12.9. The maximum atomic E-state index is 13.7. The van der Waals surface area contributed by atoms with Crippen LogP contribution in [0, 0.1) is 0 Å². The fourth-order valence-corrected chi connectivity index (χ4v) is 6.17. The number of guanidine groups is 1. The van der Waals surface area contributed by atoms with Crippen LogP contribution >= 0.6 is 0 Å². The molecular formula is C32H40N4O4. The molecule has 8 heteroatoms. The van der Waals surface area contributed by atoms with E-state index in [1.165, 1.54) is 0 Å². The molecule has 0 aliphatic carbocycles. The molecule has 2 aromatic carbocycles. The molecular weight excluding hydrogens is 504 g/mol. The summed E-state index contributed by atoms with van der Waals surface area (Å²) >= 11 is 0. The van der Waals surface area contributed by atoms with Crippen LogP contribution in [0.1, 0.15) is 98.4 Å². The molecule has 40 heavy (non-hydrogen) atoms. The van der Waals surface area contributed by atoms with Gasteiger partial charge in [0.1, 0.15) is 11.4 Å². The number of amides is 2. The van der Waals surface area contributed by atoms with Crippen LogP contribution in [0.15, 0.2) is 53.5 Å². The zero-order chi connectivity index (χ0) is 28.5. The third-order valence-electron chi connectivity index (χ3n) is 8.33. The molecule has 0 unspecified atom stereocenters. The van der Waals surface area contributed by atoms with Gasteiger partial charge in [-0.25, -0.2) is 4.99 Å². The molecule has 212 valence electrons. The highest BCUT2D eigenvalue weighted by Crippen LogP contribution is 2.41. The predicted molar refractivity (Wildman–Crippen MR) is 156 cm³/mol. The highest BCUT2D eigenvalue weighted by molar-refractivity contribution is 6.00. The third kappa shape index (κ3) is 5.63. The van der Waals surface area contributed by atoms with E-state index in [1.54, 1.807) is 18.1 Å². The van der Waals surface area contributed by atoms with Crippen molar-refractivity contribution in [3.05, 3.63) is 70.8 Å². The number of methoxy groups -OCH3 is 1. The average Bonchev–Trinajstić information content (AvgIpc) is 2.92. The zero-order valence-electron chi connectivity index (χ0n) is 23.9. The Balaban J connectivity index is 1.61. The molecule has 4 heterocycles. The van der Waals surface area contributed by atoms with Crippen LogP contribution in [0.3, 0.4) is 0 Å². The number of rotatable bonds is 4. The molecule has 0 radical (unpaired) electrons. The smallest absolute Gasteiger partial charge is 0.251 e. The first-order valence-electron chi connectivity index (χ1n) is 14.2. The predicted octanol–water partition coefficient (Wildman–Crippen LogP) is 5.30. The molecule has 3 N–H and O–H groups in total. The van der Waals surface area contributed by atoms with Crippen molar-refractivity contribution in [2.45, 2.75) is 82.5 Å². The van der Waals surface area contributed by atoms with Gasteiger partial charge in [-0.2, -0.15) is 0 Å². The Kier molecular flexibility index (Phi) is 7.73. The summed E-state index contributed by atoms with van der Waals surface area (Å²) < 4.78 is 11.7. The lowest BCUT2D eigenvalue weighted by molar-refractivity contribution is -0.132. The normalized spacial score (nSPS) is 26.7. The van der Waals surface area contributed by atoms with E-state index in [4.69, 9.17) is 20.2 Å². The summed E-state index contributed by atoms with van der Waals surface area (Å²) in [5.74, 6) is 0.781. The van der Waals surface area contributed by atoms with E-state index in [9.17, 15) is 9.59 Å². The molecule has 3 atom stereocenters. The molecule has 0 spiro atoms. The van der Waals surface area contributed by atoms with Gasteiger partial charge in [-0.1, -0.05) is 37.3 Å². The summed E-state index contributed by atoms with van der Waals surface area (Å²) in [4.78, 5) is 33.9. The SMILES string of the molecule is CC[C@@]12CC/C=C\c3ccc4c(c3)[C@H](CC(C)(C)O4)NC(=O)c3cccc(c3)[C@@H](CCOC)N(C(=O)C1)C(N)=N2. The van der Waals surface area contributed by atoms with Gasteiger partial charge < -0.3 is 20.5 Å². The minimum Gasteiger partial charge on any atom is -0.487 e. The second kappa shape index (κ2) is 11.1. The van der Waals surface area contributed by atoms with Gasteiger partial charge in [0.25, 0.3) is 5.91 Å². The lowest BCUT2D eigenvalue weighted by Gasteiger charge is -2.40. The Morgan fingerprint density at radius 3 is 2.77 bits per heavy atom. The summed E-state index contributed by atoms with van der Waals surface area (Å²) in [7, 11) is 1.63. The topological polar surface area (TPSA) is 106 Å². The van der Waals surface area contributed by atoms with Crippen LogP contribution in [0.25, 0.3) is 6.08 Å². The summed E-state index contributed by atoms with van der Waals surface area (Å²) in [5, 5.41) is 3.26. The quantitative estimate of drug-likeness (QED) is 0.543. The summed E-state index contributed by atoms with van der Waals surface area (Å²) in [6.45, 7) is 6.57. The number of carbonyl (C=O) groups is 2. The van der Waals surface area contributed by atoms with Gasteiger partial charge >= 0.3 is 0 Å². The fraction of sp³-hybridized carbons (Fsp3) is 0.469. The maximum Gasteiger partial charge on any atom is 0.251 e. The number of benzene rings is 2. The maximum absolute atomic E-state index is 13.7. The van der Waals surface area contributed by atoms with E-state index in [-0.39, 0.29) is 30.2 Å². The number of hydrogen-bond acceptors (Lipinski definition) is 6. The van der Waals surface area contributed by atoms with Crippen molar-refractivity contribution < 1.29 is 19.1 Å². The second-order valence-electron chi connectivity index (χ2n) is 11.7. The van der Waals surface area contributed by atoms with E-state index in [2.05, 4.69) is 30.5 Å². The highest BCUT2D eigenvalue weighted by atomic mass is 16.5. The molecule has 0 saturated carbocycles. The first-order valence-corrected chi connectivity index (χ1v) is 14.2. The third-order valence-corrected chi connectivity index (χ3v) is 8.33. The Hall–Kier alpha value is -3.65. The van der Waals surface area contributed by atoms with E-state index >= 15 is 0 Å². The zero-order valence-corrected chi connectivity index (χ0v) is 23.9. The minimum absolute atomic E-state index is 0.0555. The van der Waals surface area contributed by atoms with Crippen molar-refractivity contribution in [1.82, 2.24) is 10.2 Å². The fourth-order valence-electron chi connectivity index (χ4n) is 6.17. The standard InChI is InChI=1S/C32H40N4O4/c1-5-32-15-7-6-9-21-12-13-27-24(17-21)25(19-31(2,3)40-27)34-29(38)23-11-8-10-22(18-23)26(14-16-39-4)36(28(37)20-32)30(33)35-32/h6,8-13,17-18,25-26H,5,7,14-16,19-20H2,1-4H3,(H2,33,35)(H,34,38)/b9-6-/t25-,26+,32+/m0/s1. The molecule has 8 nitrogen and oxygen atoms in total. The van der Waals surface area contributed by atoms with Gasteiger partial charge in [-0.3, -0.25) is 14.5 Å². The number of hydrogen-bond donors (Lipinski definition) is 2. The molecule has 6 rings (SSSR count). The average molecular weight is 545 g/mol. The molecule has 0 aromatic heterocycles. The number of nitrogens with zero attached hydrogens (tertiary/aromatic N) is 2. The Morgan fingerprint density at radius 2 is 2.02 bits per heavy atom. The number of fused-ring (bicyclic) bond motifs is 4. The lowest BCUT2D eigenvalue weighted by Crippen LogP contribution is -2.52. The minimum atomic E-state index is -0.540. The van der Waals surface area contributed by atoms with Crippen molar-refractivity contribution >= 4 is 23.8 Å². The summed E-state index contributed by atoms with van der Waals surface area (Å²) in [6.07, 6.45) is 7.85. The van der Waals surface area contributed by atoms with Crippen molar-refractivity contribution in [2.75, 3.05) is 13.7 Å². The number of allylic oxidation sites excluding steroid dienone is 1. The van der Waals surface area contributed by atoms with Crippen LogP contribution < -0.4 is 15.8 Å². The molecule has 2 aromatic rings. The molecule has 6 bridgehead atoms. The monoisotopic (exact) mass is 544 g/mol. The Bertz CT molecular complexity index is 1350. The summed E-state index contributed by atoms with van der Waals surface area (Å²) in [5.41, 5.74) is 8.92. The number of carbonyl (C=O) groups excluding carboxylic acids is 2. The van der Waals surface area contributed by atoms with Crippen LogP contribution in [-0.2, 0) is 9.53 Å². The van der Waals surface area contributed by atoms with Crippen molar-refractivity contribution in [2.24, 2.45) is 10.7 Å². The van der Waals surface area contributed by atoms with E-state index in [1.807, 2.05) is 44.2 Å². The number of nitrogens with one attached hydrogen (secondary N) is 1. The molecule has 4 aliphatic rings. The van der Waals surface area contributed by atoms with Gasteiger partial charge in [0, 0.05) is 31.3 Å². The van der Waals surface area contributed by atoms with E-state index < -0.39 is 17.2 Å². The van der Waals surface area contributed by atoms with Crippen LogP contribution in [-0.4, -0.2) is 47.5 Å². The van der Waals surface area contributed by atoms with Crippen molar-refractivity contribution in [3.63, 3.8) is 0 Å². The number of nitrogens with two attached hydrogens (primary N) is 1. The van der Waals surface area contributed by atoms with Crippen LogP contribution in [0.4, 0.5) is 0 Å². The van der Waals surface area contributed by atoms with Gasteiger partial charge in [0.15, 0.2) is 5.96 Å². The van der Waals surface area contributed by atoms with Gasteiger partial charge in [0.05, 0.1) is 24.0 Å². The largest absolute Gasteiger partial charge is 0.487 e. The molecule has 0 saturated heterocycles. The lowest BCUT2D eigenvalue weighted by atomic mass is 9.85. The van der Waals surface area contributed by atoms with Gasteiger partial charge in [0.2, 0.25) is 5.91 Å². The van der Waals surface area contributed by atoms with Gasteiger partial charge in [-0.15, -0.1) is 0 Å². The number of ether oxygens (including phenoxy) is 2. The molecule has 0 fully saturated rings. The Morgan fingerprint density at radius 1 is 1.20 bits per heavy atom. The van der Waals surface area contributed by atoms with Crippen LogP contribution in [0.2, 0.25) is 0 Å². The van der Waals surface area contributed by atoms with Gasteiger partial charge in [-0.05, 0) is 74.9 Å². The van der Waals surface area contributed by atoms with Crippen molar-refractivity contribution in [3.8, 4) is 5.75 Å². The van der Waals surface area contributed by atoms with E-state index in [0.29, 0.717) is 31.4 Å².